The Morgan fingerprint density at radius 2 is 1.73 bits per heavy atom. The van der Waals surface area contributed by atoms with Crippen LogP contribution in [0.2, 0.25) is 0 Å². The predicted octanol–water partition coefficient (Wildman–Crippen LogP) is 2.24. The van der Waals surface area contributed by atoms with Gasteiger partial charge in [-0.15, -0.1) is 0 Å². The van der Waals surface area contributed by atoms with Crippen molar-refractivity contribution < 1.29 is 14.4 Å². The molecule has 0 heterocycles. The predicted molar refractivity (Wildman–Crippen MR) is 99.9 cm³/mol. The Morgan fingerprint density at radius 3 is 2.42 bits per heavy atom. The molecule has 2 N–H and O–H groups in total. The fourth-order valence-electron chi connectivity index (χ4n) is 3.46. The van der Waals surface area contributed by atoms with Gasteiger partial charge in [-0.3, -0.25) is 14.4 Å². The van der Waals surface area contributed by atoms with E-state index >= 15 is 0 Å². The summed E-state index contributed by atoms with van der Waals surface area (Å²) in [5.74, 6) is -0.377. The van der Waals surface area contributed by atoms with E-state index in [1.807, 2.05) is 0 Å². The van der Waals surface area contributed by atoms with Gasteiger partial charge in [0, 0.05) is 19.0 Å². The van der Waals surface area contributed by atoms with E-state index in [0.29, 0.717) is 11.3 Å². The van der Waals surface area contributed by atoms with E-state index < -0.39 is 0 Å². The Labute approximate surface area is 154 Å². The largest absolute Gasteiger partial charge is 0.352 e. The lowest BCUT2D eigenvalue weighted by Crippen LogP contribution is -2.43. The zero-order valence-electron chi connectivity index (χ0n) is 15.3. The van der Waals surface area contributed by atoms with E-state index in [0.717, 1.165) is 38.5 Å². The lowest BCUT2D eigenvalue weighted by molar-refractivity contribution is -0.121. The van der Waals surface area contributed by atoms with Crippen LogP contribution in [0.1, 0.15) is 55.3 Å². The molecule has 1 aromatic rings. The van der Waals surface area contributed by atoms with Gasteiger partial charge in [-0.25, -0.2) is 0 Å². The zero-order valence-corrected chi connectivity index (χ0v) is 15.3. The molecule has 0 aliphatic heterocycles. The Kier molecular flexibility index (Phi) is 5.91. The molecule has 140 valence electrons. The molecule has 0 saturated heterocycles. The summed E-state index contributed by atoms with van der Waals surface area (Å²) < 4.78 is 0. The Hall–Kier alpha value is -2.37. The highest BCUT2D eigenvalue weighted by atomic mass is 16.2. The fourth-order valence-corrected chi connectivity index (χ4v) is 3.46. The molecular formula is C20H27N3O3. The summed E-state index contributed by atoms with van der Waals surface area (Å²) >= 11 is 0. The van der Waals surface area contributed by atoms with Gasteiger partial charge in [0.25, 0.3) is 5.91 Å². The first kappa shape index (κ1) is 18.4. The number of benzene rings is 1. The monoisotopic (exact) mass is 357 g/mol. The minimum Gasteiger partial charge on any atom is -0.352 e. The van der Waals surface area contributed by atoms with Crippen LogP contribution in [0.3, 0.4) is 0 Å². The highest BCUT2D eigenvalue weighted by molar-refractivity contribution is 6.06. The van der Waals surface area contributed by atoms with Crippen molar-refractivity contribution >= 4 is 23.4 Å². The third kappa shape index (κ3) is 4.62. The van der Waals surface area contributed by atoms with Crippen molar-refractivity contribution in [2.24, 2.45) is 5.92 Å². The number of carbonyl (C=O) groups excluding carboxylic acids is 3. The van der Waals surface area contributed by atoms with E-state index in [-0.39, 0.29) is 36.2 Å². The molecule has 26 heavy (non-hydrogen) atoms. The van der Waals surface area contributed by atoms with Crippen molar-refractivity contribution in [3.63, 3.8) is 0 Å². The van der Waals surface area contributed by atoms with Gasteiger partial charge in [0.15, 0.2) is 0 Å². The molecule has 0 radical (unpaired) electrons. The van der Waals surface area contributed by atoms with Crippen LogP contribution in [0.25, 0.3) is 0 Å². The molecule has 2 aliphatic rings. The molecule has 2 fully saturated rings. The maximum atomic E-state index is 12.5. The topological polar surface area (TPSA) is 78.5 Å². The Balaban J connectivity index is 1.57. The smallest absolute Gasteiger partial charge is 0.253 e. The summed E-state index contributed by atoms with van der Waals surface area (Å²) in [6.45, 7) is -0.0516. The average molecular weight is 357 g/mol. The molecule has 3 rings (SSSR count). The van der Waals surface area contributed by atoms with E-state index in [2.05, 4.69) is 10.6 Å². The summed E-state index contributed by atoms with van der Waals surface area (Å²) in [5, 5.41) is 5.66. The lowest BCUT2D eigenvalue weighted by Gasteiger charge is -2.23. The SMILES string of the molecule is CN(C(=O)C1CC1)c1ccccc1C(=O)NCC(=O)NC1CCCCC1. The minimum absolute atomic E-state index is 0.0419. The van der Waals surface area contributed by atoms with Crippen molar-refractivity contribution in [1.29, 1.82) is 0 Å². The van der Waals surface area contributed by atoms with Crippen LogP contribution in [0, 0.1) is 5.92 Å². The first-order valence-corrected chi connectivity index (χ1v) is 9.50. The Bertz CT molecular complexity index is 679. The molecule has 6 nitrogen and oxygen atoms in total. The summed E-state index contributed by atoms with van der Waals surface area (Å²) in [5.41, 5.74) is 0.990. The standard InChI is InChI=1S/C20H27N3O3/c1-23(20(26)14-11-12-14)17-10-6-5-9-16(17)19(25)21-13-18(24)22-15-7-3-2-4-8-15/h5-6,9-10,14-15H,2-4,7-8,11-13H2,1H3,(H,21,25)(H,22,24). The number of carbonyl (C=O) groups is 3. The molecule has 1 aromatic carbocycles. The lowest BCUT2D eigenvalue weighted by atomic mass is 9.95. The van der Waals surface area contributed by atoms with Gasteiger partial charge in [-0.1, -0.05) is 31.4 Å². The molecule has 2 aliphatic carbocycles. The average Bonchev–Trinajstić information content (AvgIpc) is 3.51. The van der Waals surface area contributed by atoms with Crippen molar-refractivity contribution in [1.82, 2.24) is 10.6 Å². The van der Waals surface area contributed by atoms with Gasteiger partial charge >= 0.3 is 0 Å². The van der Waals surface area contributed by atoms with Crippen LogP contribution in [0.5, 0.6) is 0 Å². The summed E-state index contributed by atoms with van der Waals surface area (Å²) in [4.78, 5) is 38.5. The number of amides is 3. The number of anilines is 1. The summed E-state index contributed by atoms with van der Waals surface area (Å²) in [7, 11) is 1.70. The molecule has 3 amide bonds. The third-order valence-corrected chi connectivity index (χ3v) is 5.15. The van der Waals surface area contributed by atoms with Gasteiger partial charge in [0.05, 0.1) is 17.8 Å². The van der Waals surface area contributed by atoms with Gasteiger partial charge in [0.1, 0.15) is 0 Å². The van der Waals surface area contributed by atoms with Crippen molar-refractivity contribution in [3.05, 3.63) is 29.8 Å². The van der Waals surface area contributed by atoms with E-state index in [4.69, 9.17) is 0 Å². The van der Waals surface area contributed by atoms with Gasteiger partial charge < -0.3 is 15.5 Å². The van der Waals surface area contributed by atoms with Crippen molar-refractivity contribution in [2.75, 3.05) is 18.5 Å². The normalized spacial score (nSPS) is 17.4. The summed E-state index contributed by atoms with van der Waals surface area (Å²) in [6.07, 6.45) is 7.37. The fraction of sp³-hybridized carbons (Fsp3) is 0.550. The van der Waals surface area contributed by atoms with Crippen LogP contribution in [-0.2, 0) is 9.59 Å². The molecule has 6 heteroatoms. The van der Waals surface area contributed by atoms with Gasteiger partial charge in [-0.05, 0) is 37.8 Å². The molecule has 0 bridgehead atoms. The highest BCUT2D eigenvalue weighted by Crippen LogP contribution is 2.33. The van der Waals surface area contributed by atoms with E-state index in [1.54, 1.807) is 36.2 Å². The highest BCUT2D eigenvalue weighted by Gasteiger charge is 2.33. The second-order valence-electron chi connectivity index (χ2n) is 7.27. The molecular weight excluding hydrogens is 330 g/mol. The number of rotatable bonds is 6. The van der Waals surface area contributed by atoms with Crippen LogP contribution >= 0.6 is 0 Å². The second kappa shape index (κ2) is 8.34. The maximum Gasteiger partial charge on any atom is 0.253 e. The molecule has 0 aromatic heterocycles. The van der Waals surface area contributed by atoms with Gasteiger partial charge in [0.2, 0.25) is 11.8 Å². The number of nitrogens with zero attached hydrogens (tertiary/aromatic N) is 1. The number of hydrogen-bond donors (Lipinski definition) is 2. The van der Waals surface area contributed by atoms with Crippen LogP contribution in [0.15, 0.2) is 24.3 Å². The maximum absolute atomic E-state index is 12.5. The first-order chi connectivity index (χ1) is 12.6. The number of para-hydroxylation sites is 1. The van der Waals surface area contributed by atoms with Crippen molar-refractivity contribution in [2.45, 2.75) is 51.0 Å². The van der Waals surface area contributed by atoms with E-state index in [9.17, 15) is 14.4 Å². The molecule has 0 atom stereocenters. The first-order valence-electron chi connectivity index (χ1n) is 9.50. The summed E-state index contributed by atoms with van der Waals surface area (Å²) in [6, 6.07) is 7.23. The van der Waals surface area contributed by atoms with E-state index in [1.165, 1.54) is 6.42 Å². The van der Waals surface area contributed by atoms with Crippen LogP contribution in [-0.4, -0.2) is 37.4 Å². The third-order valence-electron chi connectivity index (χ3n) is 5.15. The second-order valence-corrected chi connectivity index (χ2v) is 7.27. The molecule has 2 saturated carbocycles. The minimum atomic E-state index is -0.338. The molecule has 0 unspecified atom stereocenters. The van der Waals surface area contributed by atoms with Crippen molar-refractivity contribution in [3.8, 4) is 0 Å². The van der Waals surface area contributed by atoms with Crippen LogP contribution in [0.4, 0.5) is 5.69 Å². The van der Waals surface area contributed by atoms with Gasteiger partial charge in [-0.2, -0.15) is 0 Å². The number of hydrogen-bond acceptors (Lipinski definition) is 3. The quantitative estimate of drug-likeness (QED) is 0.819. The molecule has 0 spiro atoms. The Morgan fingerprint density at radius 1 is 1.04 bits per heavy atom. The van der Waals surface area contributed by atoms with Crippen LogP contribution < -0.4 is 15.5 Å². The zero-order chi connectivity index (χ0) is 18.5. The number of nitrogens with one attached hydrogen (secondary N) is 2.